The Kier molecular flexibility index (Phi) is 5.09. The van der Waals surface area contributed by atoms with Gasteiger partial charge in [-0.2, -0.15) is 0 Å². The van der Waals surface area contributed by atoms with Crippen LogP contribution in [0, 0.1) is 6.92 Å². The van der Waals surface area contributed by atoms with E-state index >= 15 is 0 Å². The molecule has 1 amide bonds. The molecule has 0 aliphatic carbocycles. The Hall–Kier alpha value is -3.14. The first-order chi connectivity index (χ1) is 12.1. The first-order valence-electron chi connectivity index (χ1n) is 8.17. The lowest BCUT2D eigenvalue weighted by Gasteiger charge is -2.09. The Morgan fingerprint density at radius 1 is 1.00 bits per heavy atom. The molecule has 25 heavy (non-hydrogen) atoms. The highest BCUT2D eigenvalue weighted by molar-refractivity contribution is 5.97. The summed E-state index contributed by atoms with van der Waals surface area (Å²) < 4.78 is 0. The molecular formula is C21H20N2O2. The van der Waals surface area contributed by atoms with Gasteiger partial charge in [0.2, 0.25) is 0 Å². The van der Waals surface area contributed by atoms with Crippen LogP contribution in [0.5, 0.6) is 5.75 Å². The summed E-state index contributed by atoms with van der Waals surface area (Å²) in [4.78, 5) is 16.6. The Labute approximate surface area is 147 Å². The van der Waals surface area contributed by atoms with Gasteiger partial charge in [-0.1, -0.05) is 42.5 Å². The van der Waals surface area contributed by atoms with Crippen LogP contribution in [0.25, 0.3) is 0 Å². The Morgan fingerprint density at radius 2 is 1.76 bits per heavy atom. The van der Waals surface area contributed by atoms with Crippen LogP contribution in [0.15, 0.2) is 66.9 Å². The van der Waals surface area contributed by atoms with Crippen molar-refractivity contribution in [1.29, 1.82) is 0 Å². The van der Waals surface area contributed by atoms with Crippen LogP contribution in [0.4, 0.5) is 0 Å². The summed E-state index contributed by atoms with van der Waals surface area (Å²) in [7, 11) is 0. The van der Waals surface area contributed by atoms with E-state index in [1.54, 1.807) is 18.3 Å². The standard InChI is InChI=1S/C21H20N2O2/c1-15-7-8-18(13-22-15)14-23-21(25)19-12-17(9-10-20(19)24)11-16-5-3-2-4-6-16/h2-10,12-13,24H,11,14H2,1H3,(H,23,25). The van der Waals surface area contributed by atoms with E-state index in [9.17, 15) is 9.90 Å². The number of rotatable bonds is 5. The normalized spacial score (nSPS) is 10.4. The molecule has 0 aliphatic heterocycles. The highest BCUT2D eigenvalue weighted by Crippen LogP contribution is 2.20. The summed E-state index contributed by atoms with van der Waals surface area (Å²) in [6, 6.07) is 19.0. The van der Waals surface area contributed by atoms with Crippen LogP contribution in [0.2, 0.25) is 0 Å². The molecule has 2 aromatic carbocycles. The summed E-state index contributed by atoms with van der Waals surface area (Å²) in [6.07, 6.45) is 2.45. The van der Waals surface area contributed by atoms with Gasteiger partial charge in [-0.25, -0.2) is 0 Å². The van der Waals surface area contributed by atoms with Gasteiger partial charge in [-0.05, 0) is 48.2 Å². The van der Waals surface area contributed by atoms with Crippen molar-refractivity contribution in [3.8, 4) is 5.75 Å². The second-order valence-electron chi connectivity index (χ2n) is 6.00. The van der Waals surface area contributed by atoms with Crippen molar-refractivity contribution >= 4 is 5.91 Å². The van der Waals surface area contributed by atoms with E-state index in [0.717, 1.165) is 22.4 Å². The minimum atomic E-state index is -0.298. The van der Waals surface area contributed by atoms with Crippen molar-refractivity contribution in [3.05, 3.63) is 94.8 Å². The molecule has 1 aromatic heterocycles. The number of aromatic nitrogens is 1. The van der Waals surface area contributed by atoms with Crippen LogP contribution in [0.1, 0.15) is 32.7 Å². The topological polar surface area (TPSA) is 62.2 Å². The number of nitrogens with zero attached hydrogens (tertiary/aromatic N) is 1. The molecule has 126 valence electrons. The number of aryl methyl sites for hydroxylation is 1. The molecule has 0 unspecified atom stereocenters. The van der Waals surface area contributed by atoms with Crippen LogP contribution in [0.3, 0.4) is 0 Å². The zero-order valence-corrected chi connectivity index (χ0v) is 14.1. The highest BCUT2D eigenvalue weighted by Gasteiger charge is 2.12. The molecule has 3 aromatic rings. The second kappa shape index (κ2) is 7.62. The Morgan fingerprint density at radius 3 is 2.48 bits per heavy atom. The lowest BCUT2D eigenvalue weighted by atomic mass is 10.0. The molecule has 4 heteroatoms. The number of carbonyl (C=O) groups excluding carboxylic acids is 1. The van der Waals surface area contributed by atoms with E-state index < -0.39 is 0 Å². The molecular weight excluding hydrogens is 312 g/mol. The minimum absolute atomic E-state index is 0.0173. The van der Waals surface area contributed by atoms with Crippen molar-refractivity contribution < 1.29 is 9.90 Å². The molecule has 4 nitrogen and oxygen atoms in total. The number of phenolic OH excluding ortho intramolecular Hbond substituents is 1. The first-order valence-corrected chi connectivity index (χ1v) is 8.17. The number of pyridine rings is 1. The van der Waals surface area contributed by atoms with E-state index in [4.69, 9.17) is 0 Å². The molecule has 0 saturated carbocycles. The Balaban J connectivity index is 1.71. The molecule has 0 fully saturated rings. The number of nitrogens with one attached hydrogen (secondary N) is 1. The van der Waals surface area contributed by atoms with E-state index in [2.05, 4.69) is 10.3 Å². The number of aromatic hydroxyl groups is 1. The molecule has 0 saturated heterocycles. The average molecular weight is 332 g/mol. The van der Waals surface area contributed by atoms with E-state index in [-0.39, 0.29) is 17.2 Å². The fourth-order valence-electron chi connectivity index (χ4n) is 2.59. The van der Waals surface area contributed by atoms with Crippen molar-refractivity contribution in [2.75, 3.05) is 0 Å². The number of phenols is 1. The first kappa shape index (κ1) is 16.7. The molecule has 0 aliphatic rings. The van der Waals surface area contributed by atoms with Gasteiger partial charge in [0, 0.05) is 18.4 Å². The molecule has 0 radical (unpaired) electrons. The monoisotopic (exact) mass is 332 g/mol. The van der Waals surface area contributed by atoms with Crippen molar-refractivity contribution in [1.82, 2.24) is 10.3 Å². The van der Waals surface area contributed by atoms with Gasteiger partial charge in [0.25, 0.3) is 5.91 Å². The highest BCUT2D eigenvalue weighted by atomic mass is 16.3. The van der Waals surface area contributed by atoms with Crippen LogP contribution >= 0.6 is 0 Å². The number of benzene rings is 2. The lowest BCUT2D eigenvalue weighted by Crippen LogP contribution is -2.23. The lowest BCUT2D eigenvalue weighted by molar-refractivity contribution is 0.0948. The molecule has 0 atom stereocenters. The van der Waals surface area contributed by atoms with Gasteiger partial charge in [0.05, 0.1) is 5.56 Å². The van der Waals surface area contributed by atoms with Crippen LogP contribution < -0.4 is 5.32 Å². The second-order valence-corrected chi connectivity index (χ2v) is 6.00. The fraction of sp³-hybridized carbons (Fsp3) is 0.143. The van der Waals surface area contributed by atoms with Crippen molar-refractivity contribution in [3.63, 3.8) is 0 Å². The van der Waals surface area contributed by atoms with Gasteiger partial charge in [-0.15, -0.1) is 0 Å². The molecule has 2 N–H and O–H groups in total. The average Bonchev–Trinajstić information content (AvgIpc) is 2.63. The Bertz CT molecular complexity index is 859. The summed E-state index contributed by atoms with van der Waals surface area (Å²) >= 11 is 0. The summed E-state index contributed by atoms with van der Waals surface area (Å²) in [5.41, 5.74) is 4.27. The van der Waals surface area contributed by atoms with Crippen molar-refractivity contribution in [2.24, 2.45) is 0 Å². The van der Waals surface area contributed by atoms with Gasteiger partial charge in [0.1, 0.15) is 5.75 Å². The molecule has 1 heterocycles. The number of carbonyl (C=O) groups is 1. The quantitative estimate of drug-likeness (QED) is 0.750. The summed E-state index contributed by atoms with van der Waals surface area (Å²) in [5.74, 6) is -0.315. The maximum Gasteiger partial charge on any atom is 0.255 e. The molecule has 0 bridgehead atoms. The van der Waals surface area contributed by atoms with E-state index in [1.807, 2.05) is 55.5 Å². The number of hydrogen-bond donors (Lipinski definition) is 2. The SMILES string of the molecule is Cc1ccc(CNC(=O)c2cc(Cc3ccccc3)ccc2O)cn1. The van der Waals surface area contributed by atoms with E-state index in [0.29, 0.717) is 13.0 Å². The fourth-order valence-corrected chi connectivity index (χ4v) is 2.59. The smallest absolute Gasteiger partial charge is 0.255 e. The minimum Gasteiger partial charge on any atom is -0.507 e. The zero-order valence-electron chi connectivity index (χ0n) is 14.1. The summed E-state index contributed by atoms with van der Waals surface area (Å²) in [6.45, 7) is 2.28. The zero-order chi connectivity index (χ0) is 17.6. The summed E-state index contributed by atoms with van der Waals surface area (Å²) in [5, 5.41) is 12.9. The predicted molar refractivity (Wildman–Crippen MR) is 97.5 cm³/mol. The van der Waals surface area contributed by atoms with Crippen molar-refractivity contribution in [2.45, 2.75) is 19.9 Å². The van der Waals surface area contributed by atoms with Gasteiger partial charge >= 0.3 is 0 Å². The van der Waals surface area contributed by atoms with E-state index in [1.165, 1.54) is 0 Å². The third-order valence-corrected chi connectivity index (χ3v) is 3.98. The third-order valence-electron chi connectivity index (χ3n) is 3.98. The number of amides is 1. The molecule has 3 rings (SSSR count). The maximum absolute atomic E-state index is 12.4. The molecule has 0 spiro atoms. The number of hydrogen-bond acceptors (Lipinski definition) is 3. The van der Waals surface area contributed by atoms with Gasteiger partial charge < -0.3 is 10.4 Å². The predicted octanol–water partition coefficient (Wildman–Crippen LogP) is 3.62. The van der Waals surface area contributed by atoms with Crippen LogP contribution in [-0.2, 0) is 13.0 Å². The van der Waals surface area contributed by atoms with Gasteiger partial charge in [0.15, 0.2) is 0 Å². The largest absolute Gasteiger partial charge is 0.507 e. The third kappa shape index (κ3) is 4.44. The van der Waals surface area contributed by atoms with Crippen LogP contribution in [-0.4, -0.2) is 16.0 Å². The van der Waals surface area contributed by atoms with Gasteiger partial charge in [-0.3, -0.25) is 9.78 Å². The maximum atomic E-state index is 12.4.